The fourth-order valence-corrected chi connectivity index (χ4v) is 3.04. The Bertz CT molecular complexity index is 896. The second-order valence-electron chi connectivity index (χ2n) is 4.64. The van der Waals surface area contributed by atoms with E-state index in [1.807, 2.05) is 11.6 Å². The minimum Gasteiger partial charge on any atom is -0.497 e. The molecule has 0 aliphatic rings. The second-order valence-corrected chi connectivity index (χ2v) is 5.87. The van der Waals surface area contributed by atoms with Crippen LogP contribution in [0.3, 0.4) is 0 Å². The van der Waals surface area contributed by atoms with Crippen LogP contribution in [-0.4, -0.2) is 35.7 Å². The summed E-state index contributed by atoms with van der Waals surface area (Å²) < 4.78 is 12.1. The molecule has 0 atom stereocenters. The van der Waals surface area contributed by atoms with Crippen molar-refractivity contribution in [3.8, 4) is 11.5 Å². The Hall–Kier alpha value is -2.58. The van der Waals surface area contributed by atoms with Gasteiger partial charge in [0.15, 0.2) is 10.1 Å². The summed E-state index contributed by atoms with van der Waals surface area (Å²) in [6.07, 6.45) is 3.28. The number of aromatic nitrogens is 2. The van der Waals surface area contributed by atoms with Gasteiger partial charge in [-0.3, -0.25) is 9.20 Å². The summed E-state index contributed by atoms with van der Waals surface area (Å²) in [5, 5.41) is 6.15. The van der Waals surface area contributed by atoms with Crippen molar-refractivity contribution in [2.75, 3.05) is 14.2 Å². The number of hydrogen-bond donors (Lipinski definition) is 1. The molecule has 0 aliphatic carbocycles. The summed E-state index contributed by atoms with van der Waals surface area (Å²) in [4.78, 5) is 17.2. The summed E-state index contributed by atoms with van der Waals surface area (Å²) in [5.41, 5.74) is 3.41. The number of carbonyl (C=O) groups excluding carboxylic acids is 1. The van der Waals surface area contributed by atoms with Gasteiger partial charge < -0.3 is 9.47 Å². The Morgan fingerprint density at radius 1 is 1.33 bits per heavy atom. The number of hydrogen-bond acceptors (Lipinski definition) is 6. The number of carbonyl (C=O) groups is 1. The molecule has 9 heteroatoms. The highest BCUT2D eigenvalue weighted by atomic mass is 35.5. The van der Waals surface area contributed by atoms with Crippen LogP contribution in [0.2, 0.25) is 5.15 Å². The molecule has 1 amide bonds. The number of rotatable bonds is 5. The Labute approximate surface area is 146 Å². The van der Waals surface area contributed by atoms with E-state index < -0.39 is 5.91 Å². The van der Waals surface area contributed by atoms with E-state index in [2.05, 4.69) is 15.5 Å². The molecule has 24 heavy (non-hydrogen) atoms. The fraction of sp³-hybridized carbons (Fsp3) is 0.133. The van der Waals surface area contributed by atoms with Crippen LogP contribution < -0.4 is 14.9 Å². The number of benzene rings is 1. The minimum absolute atomic E-state index is 0.322. The molecule has 3 aromatic rings. The summed E-state index contributed by atoms with van der Waals surface area (Å²) in [6.45, 7) is 0. The molecule has 0 radical (unpaired) electrons. The SMILES string of the molecule is COc1cc(OC)cc(C(=O)N/N=C\c2c(Cl)nc3sccn23)c1. The topological polar surface area (TPSA) is 77.2 Å². The van der Waals surface area contributed by atoms with Crippen molar-refractivity contribution < 1.29 is 14.3 Å². The highest BCUT2D eigenvalue weighted by Gasteiger charge is 2.11. The van der Waals surface area contributed by atoms with E-state index in [1.165, 1.54) is 31.8 Å². The number of halogens is 1. The van der Waals surface area contributed by atoms with Gasteiger partial charge in [0.2, 0.25) is 0 Å². The van der Waals surface area contributed by atoms with Crippen LogP contribution in [0.25, 0.3) is 4.96 Å². The van der Waals surface area contributed by atoms with Gasteiger partial charge in [0, 0.05) is 23.2 Å². The molecule has 0 aliphatic heterocycles. The third-order valence-corrected chi connectivity index (χ3v) is 4.26. The third-order valence-electron chi connectivity index (χ3n) is 3.22. The molecule has 0 bridgehead atoms. The van der Waals surface area contributed by atoms with Gasteiger partial charge in [-0.25, -0.2) is 10.4 Å². The first-order chi connectivity index (χ1) is 11.6. The first-order valence-corrected chi connectivity index (χ1v) is 8.05. The maximum atomic E-state index is 12.2. The Balaban J connectivity index is 1.78. The number of ether oxygens (including phenoxy) is 2. The van der Waals surface area contributed by atoms with Crippen LogP contribution in [0.4, 0.5) is 0 Å². The standard InChI is InChI=1S/C15H13ClN4O3S/c1-22-10-5-9(6-11(7-10)23-2)14(21)19-17-8-12-13(16)18-15-20(12)3-4-24-15/h3-8H,1-2H3,(H,19,21)/b17-8-. The summed E-state index contributed by atoms with van der Waals surface area (Å²) >= 11 is 7.52. The smallest absolute Gasteiger partial charge is 0.271 e. The van der Waals surface area contributed by atoms with Gasteiger partial charge in [-0.05, 0) is 12.1 Å². The van der Waals surface area contributed by atoms with Crippen molar-refractivity contribution in [1.82, 2.24) is 14.8 Å². The van der Waals surface area contributed by atoms with Crippen molar-refractivity contribution in [2.24, 2.45) is 5.10 Å². The van der Waals surface area contributed by atoms with E-state index in [-0.39, 0.29) is 0 Å². The number of nitrogens with zero attached hydrogens (tertiary/aromatic N) is 3. The van der Waals surface area contributed by atoms with Gasteiger partial charge in [0.1, 0.15) is 17.2 Å². The average molecular weight is 365 g/mol. The first-order valence-electron chi connectivity index (χ1n) is 6.80. The zero-order valence-corrected chi connectivity index (χ0v) is 14.4. The van der Waals surface area contributed by atoms with Gasteiger partial charge in [-0.15, -0.1) is 11.3 Å². The zero-order chi connectivity index (χ0) is 17.1. The van der Waals surface area contributed by atoms with E-state index in [4.69, 9.17) is 21.1 Å². The number of methoxy groups -OCH3 is 2. The normalized spacial score (nSPS) is 11.1. The molecule has 124 valence electrons. The van der Waals surface area contributed by atoms with E-state index in [1.54, 1.807) is 22.6 Å². The van der Waals surface area contributed by atoms with E-state index in [0.29, 0.717) is 27.9 Å². The molecule has 0 spiro atoms. The van der Waals surface area contributed by atoms with Crippen LogP contribution in [-0.2, 0) is 0 Å². The highest BCUT2D eigenvalue weighted by molar-refractivity contribution is 7.15. The second kappa shape index (κ2) is 6.90. The number of imidazole rings is 1. The largest absolute Gasteiger partial charge is 0.497 e. The average Bonchev–Trinajstić information content (AvgIpc) is 3.16. The molecule has 2 aromatic heterocycles. The molecule has 3 rings (SSSR count). The molecule has 0 unspecified atom stereocenters. The molecule has 1 aromatic carbocycles. The van der Waals surface area contributed by atoms with Crippen molar-refractivity contribution in [3.05, 3.63) is 46.2 Å². The summed E-state index contributed by atoms with van der Waals surface area (Å²) in [6, 6.07) is 4.87. The van der Waals surface area contributed by atoms with Crippen LogP contribution in [0.1, 0.15) is 16.1 Å². The molecule has 0 saturated heterocycles. The third kappa shape index (κ3) is 3.19. The Morgan fingerprint density at radius 2 is 2.04 bits per heavy atom. The fourth-order valence-electron chi connectivity index (χ4n) is 2.05. The van der Waals surface area contributed by atoms with E-state index in [0.717, 1.165) is 4.96 Å². The summed E-state index contributed by atoms with van der Waals surface area (Å²) in [5.74, 6) is 0.634. The van der Waals surface area contributed by atoms with Crippen molar-refractivity contribution in [3.63, 3.8) is 0 Å². The van der Waals surface area contributed by atoms with Crippen molar-refractivity contribution >= 4 is 40.0 Å². The maximum absolute atomic E-state index is 12.2. The minimum atomic E-state index is -0.398. The van der Waals surface area contributed by atoms with Crippen molar-refractivity contribution in [2.45, 2.75) is 0 Å². The van der Waals surface area contributed by atoms with Crippen LogP contribution in [0.5, 0.6) is 11.5 Å². The van der Waals surface area contributed by atoms with Gasteiger partial charge >= 0.3 is 0 Å². The molecular formula is C15H13ClN4O3S. The number of nitrogens with one attached hydrogen (secondary N) is 1. The van der Waals surface area contributed by atoms with Crippen molar-refractivity contribution in [1.29, 1.82) is 0 Å². The van der Waals surface area contributed by atoms with Crippen LogP contribution in [0.15, 0.2) is 34.9 Å². The molecule has 1 N–H and O–H groups in total. The van der Waals surface area contributed by atoms with Gasteiger partial charge in [0.05, 0.1) is 20.4 Å². The molecule has 0 saturated carbocycles. The van der Waals surface area contributed by atoms with Gasteiger partial charge in [-0.2, -0.15) is 5.10 Å². The van der Waals surface area contributed by atoms with Gasteiger partial charge in [0.25, 0.3) is 5.91 Å². The van der Waals surface area contributed by atoms with E-state index in [9.17, 15) is 4.79 Å². The quantitative estimate of drug-likeness (QED) is 0.558. The van der Waals surface area contributed by atoms with E-state index >= 15 is 0 Å². The van der Waals surface area contributed by atoms with Crippen LogP contribution in [0, 0.1) is 0 Å². The Kier molecular flexibility index (Phi) is 4.68. The first kappa shape index (κ1) is 16.3. The lowest BCUT2D eigenvalue weighted by Crippen LogP contribution is -2.18. The number of thiazole rings is 1. The van der Waals surface area contributed by atoms with Gasteiger partial charge in [-0.1, -0.05) is 11.6 Å². The zero-order valence-electron chi connectivity index (χ0n) is 12.8. The lowest BCUT2D eigenvalue weighted by molar-refractivity contribution is 0.0954. The summed E-state index contributed by atoms with van der Waals surface area (Å²) in [7, 11) is 3.03. The predicted molar refractivity (Wildman–Crippen MR) is 92.7 cm³/mol. The number of hydrazone groups is 1. The molecular weight excluding hydrogens is 352 g/mol. The highest BCUT2D eigenvalue weighted by Crippen LogP contribution is 2.22. The lowest BCUT2D eigenvalue weighted by atomic mass is 10.2. The maximum Gasteiger partial charge on any atom is 0.271 e. The lowest BCUT2D eigenvalue weighted by Gasteiger charge is -2.07. The number of fused-ring (bicyclic) bond motifs is 1. The molecule has 2 heterocycles. The predicted octanol–water partition coefficient (Wildman–Crippen LogP) is 2.83. The molecule has 0 fully saturated rings. The monoisotopic (exact) mass is 364 g/mol. The molecule has 7 nitrogen and oxygen atoms in total. The van der Waals surface area contributed by atoms with Crippen LogP contribution >= 0.6 is 22.9 Å². The Morgan fingerprint density at radius 3 is 2.71 bits per heavy atom. The number of amides is 1.